The lowest BCUT2D eigenvalue weighted by Gasteiger charge is -2.11. The highest BCUT2D eigenvalue weighted by molar-refractivity contribution is 7.80. The van der Waals surface area contributed by atoms with Crippen LogP contribution in [-0.4, -0.2) is 18.2 Å². The molecule has 0 bridgehead atoms. The highest BCUT2D eigenvalue weighted by Gasteiger charge is 2.22. The zero-order chi connectivity index (χ0) is 17.0. The van der Waals surface area contributed by atoms with Gasteiger partial charge in [-0.25, -0.2) is 4.79 Å². The molecule has 0 radical (unpaired) electrons. The molecule has 0 fully saturated rings. The van der Waals surface area contributed by atoms with Gasteiger partial charge in [-0.3, -0.25) is 0 Å². The van der Waals surface area contributed by atoms with Gasteiger partial charge in [0.05, 0.1) is 12.7 Å². The van der Waals surface area contributed by atoms with E-state index in [1.165, 1.54) is 24.0 Å². The minimum atomic E-state index is -0.341. The van der Waals surface area contributed by atoms with Gasteiger partial charge in [-0.15, -0.1) is 11.3 Å². The molecular weight excluding hydrogens is 328 g/mol. The molecule has 0 aliphatic heterocycles. The van der Waals surface area contributed by atoms with Crippen LogP contribution in [0.2, 0.25) is 0 Å². The van der Waals surface area contributed by atoms with E-state index in [4.69, 9.17) is 17.0 Å². The van der Waals surface area contributed by atoms with E-state index in [0.29, 0.717) is 10.7 Å². The quantitative estimate of drug-likeness (QED) is 0.628. The van der Waals surface area contributed by atoms with E-state index < -0.39 is 0 Å². The van der Waals surface area contributed by atoms with Crippen molar-refractivity contribution in [1.29, 1.82) is 0 Å². The SMILES string of the molecule is CCc1c(C)sc(NC(=S)Nc2ccc(C)cc2)c1C(=O)OC. The van der Waals surface area contributed by atoms with Gasteiger partial charge in [0.15, 0.2) is 5.11 Å². The van der Waals surface area contributed by atoms with Gasteiger partial charge in [-0.1, -0.05) is 24.6 Å². The zero-order valence-electron chi connectivity index (χ0n) is 13.6. The molecule has 122 valence electrons. The lowest BCUT2D eigenvalue weighted by Crippen LogP contribution is -2.20. The number of nitrogens with one attached hydrogen (secondary N) is 2. The van der Waals surface area contributed by atoms with Crippen molar-refractivity contribution in [2.75, 3.05) is 17.7 Å². The summed E-state index contributed by atoms with van der Waals surface area (Å²) in [6, 6.07) is 7.94. The van der Waals surface area contributed by atoms with Crippen LogP contribution in [0.1, 0.15) is 33.3 Å². The average molecular weight is 348 g/mol. The first-order chi connectivity index (χ1) is 11.0. The summed E-state index contributed by atoms with van der Waals surface area (Å²) >= 11 is 6.87. The molecule has 1 aromatic carbocycles. The molecule has 0 amide bonds. The topological polar surface area (TPSA) is 50.4 Å². The van der Waals surface area contributed by atoms with Crippen LogP contribution in [0.4, 0.5) is 10.7 Å². The minimum absolute atomic E-state index is 0.341. The summed E-state index contributed by atoms with van der Waals surface area (Å²) in [4.78, 5) is 13.2. The maximum absolute atomic E-state index is 12.1. The summed E-state index contributed by atoms with van der Waals surface area (Å²) in [5, 5.41) is 7.41. The first-order valence-electron chi connectivity index (χ1n) is 7.31. The van der Waals surface area contributed by atoms with Gasteiger partial charge in [0, 0.05) is 10.6 Å². The first-order valence-corrected chi connectivity index (χ1v) is 8.54. The number of carbonyl (C=O) groups is 1. The van der Waals surface area contributed by atoms with Gasteiger partial charge in [-0.05, 0) is 50.2 Å². The molecule has 0 atom stereocenters. The third-order valence-corrected chi connectivity index (χ3v) is 4.76. The molecule has 6 heteroatoms. The molecular formula is C17H20N2O2S2. The predicted octanol–water partition coefficient (Wildman–Crippen LogP) is 4.52. The molecule has 0 aliphatic rings. The van der Waals surface area contributed by atoms with Crippen molar-refractivity contribution in [3.8, 4) is 0 Å². The molecule has 2 aromatic rings. The van der Waals surface area contributed by atoms with Crippen molar-refractivity contribution in [2.45, 2.75) is 27.2 Å². The summed E-state index contributed by atoms with van der Waals surface area (Å²) in [6.07, 6.45) is 0.770. The van der Waals surface area contributed by atoms with E-state index >= 15 is 0 Å². The maximum atomic E-state index is 12.1. The highest BCUT2D eigenvalue weighted by atomic mass is 32.1. The second kappa shape index (κ2) is 7.57. The molecule has 1 heterocycles. The monoisotopic (exact) mass is 348 g/mol. The highest BCUT2D eigenvalue weighted by Crippen LogP contribution is 2.34. The molecule has 0 aliphatic carbocycles. The molecule has 0 saturated carbocycles. The Kier molecular flexibility index (Phi) is 5.74. The van der Waals surface area contributed by atoms with Crippen molar-refractivity contribution >= 4 is 45.3 Å². The number of hydrogen-bond acceptors (Lipinski definition) is 4. The summed E-state index contributed by atoms with van der Waals surface area (Å²) in [7, 11) is 1.39. The molecule has 1 aromatic heterocycles. The van der Waals surface area contributed by atoms with Crippen LogP contribution in [0, 0.1) is 13.8 Å². The van der Waals surface area contributed by atoms with E-state index in [-0.39, 0.29) is 5.97 Å². The third kappa shape index (κ3) is 4.09. The Labute approximate surface area is 145 Å². The Morgan fingerprint density at radius 3 is 2.43 bits per heavy atom. The molecule has 0 unspecified atom stereocenters. The van der Waals surface area contributed by atoms with Crippen LogP contribution < -0.4 is 10.6 Å². The lowest BCUT2D eigenvalue weighted by molar-refractivity contribution is 0.0601. The Morgan fingerprint density at radius 2 is 1.87 bits per heavy atom. The number of carbonyl (C=O) groups excluding carboxylic acids is 1. The smallest absolute Gasteiger partial charge is 0.341 e. The third-order valence-electron chi connectivity index (χ3n) is 3.49. The number of rotatable bonds is 4. The van der Waals surface area contributed by atoms with Gasteiger partial charge >= 0.3 is 5.97 Å². The molecule has 4 nitrogen and oxygen atoms in total. The average Bonchev–Trinajstić information content (AvgIpc) is 2.83. The number of anilines is 2. The Bertz CT molecular complexity index is 721. The van der Waals surface area contributed by atoms with Gasteiger partial charge in [0.25, 0.3) is 0 Å². The van der Waals surface area contributed by atoms with E-state index in [2.05, 4.69) is 10.6 Å². The zero-order valence-corrected chi connectivity index (χ0v) is 15.3. The van der Waals surface area contributed by atoms with Gasteiger partial charge in [0.1, 0.15) is 5.00 Å². The van der Waals surface area contributed by atoms with Gasteiger partial charge < -0.3 is 15.4 Å². The Hall–Kier alpha value is -1.92. The van der Waals surface area contributed by atoms with Gasteiger partial charge in [0.2, 0.25) is 0 Å². The van der Waals surface area contributed by atoms with E-state index in [0.717, 1.165) is 27.5 Å². The second-order valence-corrected chi connectivity index (χ2v) is 6.76. The van der Waals surface area contributed by atoms with E-state index in [1.54, 1.807) is 0 Å². The fraction of sp³-hybridized carbons (Fsp3) is 0.294. The Balaban J connectivity index is 2.20. The van der Waals surface area contributed by atoms with Crippen molar-refractivity contribution < 1.29 is 9.53 Å². The fourth-order valence-corrected chi connectivity index (χ4v) is 3.73. The standard InChI is InChI=1S/C17H20N2O2S2/c1-5-13-11(3)23-15(14(13)16(20)21-4)19-17(22)18-12-8-6-10(2)7-9-12/h6-9H,5H2,1-4H3,(H2,18,19,22). The molecule has 23 heavy (non-hydrogen) atoms. The normalized spacial score (nSPS) is 10.3. The number of aryl methyl sites for hydroxylation is 2. The summed E-state index contributed by atoms with van der Waals surface area (Å²) in [5.41, 5.74) is 3.66. The van der Waals surface area contributed by atoms with Crippen molar-refractivity contribution in [1.82, 2.24) is 0 Å². The van der Waals surface area contributed by atoms with Crippen molar-refractivity contribution in [2.24, 2.45) is 0 Å². The van der Waals surface area contributed by atoms with Crippen molar-refractivity contribution in [3.63, 3.8) is 0 Å². The molecule has 2 rings (SSSR count). The van der Waals surface area contributed by atoms with Crippen LogP contribution in [0.15, 0.2) is 24.3 Å². The lowest BCUT2D eigenvalue weighted by atomic mass is 10.1. The first kappa shape index (κ1) is 17.4. The summed E-state index contributed by atoms with van der Waals surface area (Å²) in [6.45, 7) is 6.05. The van der Waals surface area contributed by atoms with Crippen LogP contribution in [0.5, 0.6) is 0 Å². The Morgan fingerprint density at radius 1 is 1.22 bits per heavy atom. The number of thiocarbonyl (C=S) groups is 1. The van der Waals surface area contributed by atoms with Crippen LogP contribution in [-0.2, 0) is 11.2 Å². The van der Waals surface area contributed by atoms with Crippen LogP contribution in [0.3, 0.4) is 0 Å². The summed E-state index contributed by atoms with van der Waals surface area (Å²) in [5.74, 6) is -0.341. The molecule has 2 N–H and O–H groups in total. The van der Waals surface area contributed by atoms with E-state index in [9.17, 15) is 4.79 Å². The number of methoxy groups -OCH3 is 1. The van der Waals surface area contributed by atoms with Gasteiger partial charge in [-0.2, -0.15) is 0 Å². The number of thiophene rings is 1. The fourth-order valence-electron chi connectivity index (χ4n) is 2.31. The largest absolute Gasteiger partial charge is 0.465 e. The number of hydrogen-bond donors (Lipinski definition) is 2. The number of ether oxygens (including phenoxy) is 1. The molecule has 0 saturated heterocycles. The van der Waals surface area contributed by atoms with Crippen molar-refractivity contribution in [3.05, 3.63) is 45.8 Å². The molecule has 0 spiro atoms. The summed E-state index contributed by atoms with van der Waals surface area (Å²) < 4.78 is 4.91. The number of benzene rings is 1. The minimum Gasteiger partial charge on any atom is -0.465 e. The predicted molar refractivity (Wildman–Crippen MR) is 101 cm³/mol. The van der Waals surface area contributed by atoms with Crippen LogP contribution in [0.25, 0.3) is 0 Å². The number of esters is 1. The van der Waals surface area contributed by atoms with E-state index in [1.807, 2.05) is 45.0 Å². The maximum Gasteiger partial charge on any atom is 0.341 e. The second-order valence-electron chi connectivity index (χ2n) is 5.13. The van der Waals surface area contributed by atoms with Crippen LogP contribution >= 0.6 is 23.6 Å².